The zero-order chi connectivity index (χ0) is 13.8. The summed E-state index contributed by atoms with van der Waals surface area (Å²) < 4.78 is 0. The summed E-state index contributed by atoms with van der Waals surface area (Å²) in [6.07, 6.45) is 6.01. The van der Waals surface area contributed by atoms with E-state index in [1.807, 2.05) is 0 Å². The summed E-state index contributed by atoms with van der Waals surface area (Å²) in [7, 11) is 0. The minimum Gasteiger partial charge on any atom is -0.398 e. The van der Waals surface area contributed by atoms with E-state index in [4.69, 9.17) is 5.73 Å². The van der Waals surface area contributed by atoms with Crippen molar-refractivity contribution in [3.8, 4) is 0 Å². The maximum atomic E-state index is 10.8. The Labute approximate surface area is 113 Å². The highest BCUT2D eigenvalue weighted by atomic mass is 16.6. The number of nitrogens with zero attached hydrogens (tertiary/aromatic N) is 1. The van der Waals surface area contributed by atoms with Crippen molar-refractivity contribution in [2.24, 2.45) is 5.92 Å². The zero-order valence-electron chi connectivity index (χ0n) is 11.3. The summed E-state index contributed by atoms with van der Waals surface area (Å²) in [5.41, 5.74) is 6.96. The Hall–Kier alpha value is -1.78. The number of nitrogens with two attached hydrogens (primary N) is 1. The molecule has 0 heterocycles. The van der Waals surface area contributed by atoms with Crippen molar-refractivity contribution in [1.29, 1.82) is 0 Å². The molecule has 0 spiro atoms. The molecule has 104 valence electrons. The van der Waals surface area contributed by atoms with Crippen molar-refractivity contribution in [2.45, 2.75) is 45.1 Å². The van der Waals surface area contributed by atoms with Crippen LogP contribution < -0.4 is 11.1 Å². The molecule has 2 unspecified atom stereocenters. The van der Waals surface area contributed by atoms with Gasteiger partial charge >= 0.3 is 0 Å². The molecule has 1 aliphatic carbocycles. The van der Waals surface area contributed by atoms with Gasteiger partial charge < -0.3 is 11.1 Å². The lowest BCUT2D eigenvalue weighted by atomic mass is 9.83. The van der Waals surface area contributed by atoms with Gasteiger partial charge in [-0.15, -0.1) is 0 Å². The molecular formula is C14H21N3O2. The van der Waals surface area contributed by atoms with Gasteiger partial charge in [-0.2, -0.15) is 0 Å². The van der Waals surface area contributed by atoms with Gasteiger partial charge in [0, 0.05) is 29.5 Å². The largest absolute Gasteiger partial charge is 0.398 e. The smallest absolute Gasteiger partial charge is 0.273 e. The van der Waals surface area contributed by atoms with Gasteiger partial charge in [-0.25, -0.2) is 0 Å². The minimum atomic E-state index is -0.403. The quantitative estimate of drug-likeness (QED) is 0.494. The monoisotopic (exact) mass is 263 g/mol. The molecule has 1 saturated carbocycles. The summed E-state index contributed by atoms with van der Waals surface area (Å²) >= 11 is 0. The lowest BCUT2D eigenvalue weighted by Gasteiger charge is -2.32. The van der Waals surface area contributed by atoms with Crippen LogP contribution in [0.3, 0.4) is 0 Å². The van der Waals surface area contributed by atoms with E-state index in [1.54, 1.807) is 12.1 Å². The minimum absolute atomic E-state index is 0.0476. The van der Waals surface area contributed by atoms with Crippen LogP contribution in [0.25, 0.3) is 0 Å². The third kappa shape index (κ3) is 3.36. The summed E-state index contributed by atoms with van der Waals surface area (Å²) in [6, 6.07) is 5.13. The number of nitrogens with one attached hydrogen (secondary N) is 1. The van der Waals surface area contributed by atoms with Gasteiger partial charge in [0.25, 0.3) is 5.69 Å². The van der Waals surface area contributed by atoms with E-state index in [1.165, 1.54) is 25.3 Å². The highest BCUT2D eigenvalue weighted by Crippen LogP contribution is 2.31. The fourth-order valence-electron chi connectivity index (χ4n) is 2.92. The molecule has 3 N–H and O–H groups in total. The number of non-ortho nitro benzene ring substituents is 1. The Kier molecular flexibility index (Phi) is 4.24. The first-order chi connectivity index (χ1) is 9.10. The molecule has 2 atom stereocenters. The SMILES string of the molecule is CCC1CCCCC1Nc1cc(N)cc([N+](=O)[O-])c1. The maximum Gasteiger partial charge on any atom is 0.273 e. The summed E-state index contributed by atoms with van der Waals surface area (Å²) in [5.74, 6) is 0.647. The zero-order valence-corrected chi connectivity index (χ0v) is 11.3. The number of hydrogen-bond acceptors (Lipinski definition) is 4. The van der Waals surface area contributed by atoms with E-state index >= 15 is 0 Å². The van der Waals surface area contributed by atoms with Crippen molar-refractivity contribution < 1.29 is 4.92 Å². The van der Waals surface area contributed by atoms with Crippen molar-refractivity contribution in [1.82, 2.24) is 0 Å². The second kappa shape index (κ2) is 5.91. The van der Waals surface area contributed by atoms with Crippen LogP contribution in [-0.4, -0.2) is 11.0 Å². The van der Waals surface area contributed by atoms with Gasteiger partial charge in [0.1, 0.15) is 0 Å². The number of anilines is 2. The molecule has 5 heteroatoms. The fraction of sp³-hybridized carbons (Fsp3) is 0.571. The molecule has 5 nitrogen and oxygen atoms in total. The average Bonchev–Trinajstić information content (AvgIpc) is 2.38. The summed E-state index contributed by atoms with van der Waals surface area (Å²) in [6.45, 7) is 2.20. The van der Waals surface area contributed by atoms with Crippen LogP contribution >= 0.6 is 0 Å². The van der Waals surface area contributed by atoms with Crippen LogP contribution in [0.2, 0.25) is 0 Å². The molecule has 1 fully saturated rings. The number of benzene rings is 1. The molecular weight excluding hydrogens is 242 g/mol. The normalized spacial score (nSPS) is 23.0. The molecule has 0 amide bonds. The number of rotatable bonds is 4. The Balaban J connectivity index is 2.15. The standard InChI is InChI=1S/C14H21N3O2/c1-2-10-5-3-4-6-14(10)16-12-7-11(15)8-13(9-12)17(18)19/h7-10,14,16H,2-6,15H2,1H3. The number of nitro groups is 1. The lowest BCUT2D eigenvalue weighted by molar-refractivity contribution is -0.384. The van der Waals surface area contributed by atoms with Crippen molar-refractivity contribution in [2.75, 3.05) is 11.1 Å². The molecule has 0 aliphatic heterocycles. The molecule has 19 heavy (non-hydrogen) atoms. The number of nitro benzene ring substituents is 1. The Bertz CT molecular complexity index is 462. The molecule has 0 aromatic heterocycles. The van der Waals surface area contributed by atoms with E-state index in [9.17, 15) is 10.1 Å². The van der Waals surface area contributed by atoms with Gasteiger partial charge in [0.2, 0.25) is 0 Å². The van der Waals surface area contributed by atoms with Crippen molar-refractivity contribution in [3.63, 3.8) is 0 Å². The fourth-order valence-corrected chi connectivity index (χ4v) is 2.92. The first-order valence-corrected chi connectivity index (χ1v) is 6.91. The van der Waals surface area contributed by atoms with Crippen LogP contribution in [0.15, 0.2) is 18.2 Å². The summed E-state index contributed by atoms with van der Waals surface area (Å²) in [5, 5.41) is 14.3. The van der Waals surface area contributed by atoms with E-state index in [-0.39, 0.29) is 5.69 Å². The Morgan fingerprint density at radius 2 is 2.11 bits per heavy atom. The van der Waals surface area contributed by atoms with Crippen LogP contribution in [0.5, 0.6) is 0 Å². The molecule has 0 bridgehead atoms. The van der Waals surface area contributed by atoms with E-state index < -0.39 is 4.92 Å². The summed E-state index contributed by atoms with van der Waals surface area (Å²) in [4.78, 5) is 10.4. The van der Waals surface area contributed by atoms with Crippen LogP contribution in [0.1, 0.15) is 39.0 Å². The second-order valence-electron chi connectivity index (χ2n) is 5.27. The highest BCUT2D eigenvalue weighted by molar-refractivity contribution is 5.61. The molecule has 0 radical (unpaired) electrons. The number of nitrogen functional groups attached to an aromatic ring is 1. The van der Waals surface area contributed by atoms with Gasteiger partial charge in [0.05, 0.1) is 4.92 Å². The predicted molar refractivity (Wildman–Crippen MR) is 77.2 cm³/mol. The lowest BCUT2D eigenvalue weighted by Crippen LogP contribution is -2.31. The Morgan fingerprint density at radius 3 is 2.79 bits per heavy atom. The van der Waals surface area contributed by atoms with Crippen molar-refractivity contribution >= 4 is 17.1 Å². The van der Waals surface area contributed by atoms with Gasteiger partial charge in [-0.3, -0.25) is 10.1 Å². The third-order valence-corrected chi connectivity index (χ3v) is 3.94. The molecule has 2 rings (SSSR count). The molecule has 1 aliphatic rings. The predicted octanol–water partition coefficient (Wildman–Crippen LogP) is 3.56. The highest BCUT2D eigenvalue weighted by Gasteiger charge is 2.23. The van der Waals surface area contributed by atoms with Crippen LogP contribution in [-0.2, 0) is 0 Å². The molecule has 0 saturated heterocycles. The average molecular weight is 263 g/mol. The van der Waals surface area contributed by atoms with E-state index in [0.717, 1.165) is 18.5 Å². The van der Waals surface area contributed by atoms with E-state index in [0.29, 0.717) is 17.6 Å². The van der Waals surface area contributed by atoms with Crippen molar-refractivity contribution in [3.05, 3.63) is 28.3 Å². The van der Waals surface area contributed by atoms with Gasteiger partial charge in [-0.05, 0) is 24.8 Å². The topological polar surface area (TPSA) is 81.2 Å². The van der Waals surface area contributed by atoms with Gasteiger partial charge in [-0.1, -0.05) is 26.2 Å². The number of hydrogen-bond donors (Lipinski definition) is 2. The third-order valence-electron chi connectivity index (χ3n) is 3.94. The van der Waals surface area contributed by atoms with E-state index in [2.05, 4.69) is 12.2 Å². The van der Waals surface area contributed by atoms with Crippen LogP contribution in [0.4, 0.5) is 17.1 Å². The molecule has 1 aromatic carbocycles. The molecule has 1 aromatic rings. The van der Waals surface area contributed by atoms with Gasteiger partial charge in [0.15, 0.2) is 0 Å². The second-order valence-corrected chi connectivity index (χ2v) is 5.27. The first kappa shape index (κ1) is 13.6. The first-order valence-electron chi connectivity index (χ1n) is 6.91. The maximum absolute atomic E-state index is 10.8. The Morgan fingerprint density at radius 1 is 1.37 bits per heavy atom. The van der Waals surface area contributed by atoms with Crippen LogP contribution in [0, 0.1) is 16.0 Å².